The third kappa shape index (κ3) is 2.79. The maximum atomic E-state index is 11.0. The number of benzene rings is 1. The van der Waals surface area contributed by atoms with Gasteiger partial charge in [0.15, 0.2) is 0 Å². The molecule has 2 rings (SSSR count). The van der Waals surface area contributed by atoms with E-state index in [9.17, 15) is 4.79 Å². The molecule has 0 aliphatic heterocycles. The number of aromatic nitrogens is 2. The van der Waals surface area contributed by atoms with Gasteiger partial charge in [-0.25, -0.2) is 4.98 Å². The van der Waals surface area contributed by atoms with Gasteiger partial charge in [0.05, 0.1) is 12.4 Å². The van der Waals surface area contributed by atoms with Gasteiger partial charge in [-0.1, -0.05) is 0 Å². The zero-order valence-electron chi connectivity index (χ0n) is 7.61. The number of hydrogen-bond acceptors (Lipinski definition) is 3. The molecule has 1 aromatic carbocycles. The second kappa shape index (κ2) is 4.43. The zero-order chi connectivity index (χ0) is 10.7. The van der Waals surface area contributed by atoms with Crippen molar-refractivity contribution in [3.05, 3.63) is 50.6 Å². The minimum atomic E-state index is -0.231. The average Bonchev–Trinajstić information content (AvgIpc) is 2.22. The van der Waals surface area contributed by atoms with Crippen LogP contribution in [0.3, 0.4) is 0 Å². The summed E-state index contributed by atoms with van der Waals surface area (Å²) in [5.41, 5.74) is -0.231. The number of rotatable bonds is 2. The lowest BCUT2D eigenvalue weighted by Crippen LogP contribution is -2.04. The maximum absolute atomic E-state index is 11.0. The van der Waals surface area contributed by atoms with Gasteiger partial charge < -0.3 is 9.72 Å². The highest BCUT2D eigenvalue weighted by atomic mass is 127. The zero-order valence-corrected chi connectivity index (χ0v) is 9.76. The molecule has 1 aromatic heterocycles. The molecule has 0 bridgehead atoms. The van der Waals surface area contributed by atoms with Gasteiger partial charge in [-0.15, -0.1) is 0 Å². The molecular formula is C10H7IN2O2. The fourth-order valence-corrected chi connectivity index (χ4v) is 1.39. The fourth-order valence-electron chi connectivity index (χ4n) is 1.03. The molecular weight excluding hydrogens is 307 g/mol. The van der Waals surface area contributed by atoms with Crippen LogP contribution in [-0.2, 0) is 0 Å². The maximum Gasteiger partial charge on any atom is 0.254 e. The Morgan fingerprint density at radius 1 is 1.27 bits per heavy atom. The van der Waals surface area contributed by atoms with E-state index in [2.05, 4.69) is 32.6 Å². The smallest absolute Gasteiger partial charge is 0.254 e. The van der Waals surface area contributed by atoms with E-state index in [0.717, 1.165) is 3.57 Å². The number of aromatic amines is 1. The molecule has 0 radical (unpaired) electrons. The summed E-state index contributed by atoms with van der Waals surface area (Å²) in [7, 11) is 0. The highest BCUT2D eigenvalue weighted by molar-refractivity contribution is 14.1. The minimum Gasteiger partial charge on any atom is -0.439 e. The molecule has 5 heteroatoms. The second-order valence-electron chi connectivity index (χ2n) is 2.81. The molecule has 15 heavy (non-hydrogen) atoms. The van der Waals surface area contributed by atoms with E-state index in [1.165, 1.54) is 12.4 Å². The Hall–Kier alpha value is -1.37. The molecule has 0 unspecified atom stereocenters. The Morgan fingerprint density at radius 2 is 2.00 bits per heavy atom. The topological polar surface area (TPSA) is 55.0 Å². The van der Waals surface area contributed by atoms with Crippen molar-refractivity contribution in [2.75, 3.05) is 0 Å². The molecule has 0 aliphatic carbocycles. The monoisotopic (exact) mass is 314 g/mol. The van der Waals surface area contributed by atoms with E-state index < -0.39 is 0 Å². The summed E-state index contributed by atoms with van der Waals surface area (Å²) in [6.45, 7) is 0. The first-order valence-electron chi connectivity index (χ1n) is 4.22. The van der Waals surface area contributed by atoms with Crippen LogP contribution < -0.4 is 10.3 Å². The van der Waals surface area contributed by atoms with Crippen molar-refractivity contribution in [3.8, 4) is 11.6 Å². The number of ether oxygens (including phenoxy) is 1. The standard InChI is InChI=1S/C10H7IN2O2/c11-7-1-3-8(4-2-7)15-10-5-9(14)12-6-13-10/h1-6H,(H,12,13,14). The van der Waals surface area contributed by atoms with Gasteiger partial charge in [-0.2, -0.15) is 0 Å². The predicted octanol–water partition coefficient (Wildman–Crippen LogP) is 2.17. The van der Waals surface area contributed by atoms with E-state index >= 15 is 0 Å². The third-order valence-corrected chi connectivity index (χ3v) is 2.41. The molecule has 4 nitrogen and oxygen atoms in total. The summed E-state index contributed by atoms with van der Waals surface area (Å²) in [6, 6.07) is 8.79. The van der Waals surface area contributed by atoms with E-state index in [0.29, 0.717) is 11.6 Å². The van der Waals surface area contributed by atoms with Crippen molar-refractivity contribution in [1.82, 2.24) is 9.97 Å². The first-order valence-corrected chi connectivity index (χ1v) is 5.30. The van der Waals surface area contributed by atoms with Gasteiger partial charge in [-0.05, 0) is 46.9 Å². The van der Waals surface area contributed by atoms with Crippen LogP contribution in [0, 0.1) is 3.57 Å². The van der Waals surface area contributed by atoms with Gasteiger partial charge in [0, 0.05) is 3.57 Å². The van der Waals surface area contributed by atoms with E-state index in [1.807, 2.05) is 24.3 Å². The number of hydrogen-bond donors (Lipinski definition) is 1. The van der Waals surface area contributed by atoms with E-state index in [-0.39, 0.29) is 5.56 Å². The number of nitrogens with zero attached hydrogens (tertiary/aromatic N) is 1. The van der Waals surface area contributed by atoms with Crippen molar-refractivity contribution in [2.24, 2.45) is 0 Å². The lowest BCUT2D eigenvalue weighted by Gasteiger charge is -2.02. The van der Waals surface area contributed by atoms with Crippen molar-refractivity contribution >= 4 is 22.6 Å². The van der Waals surface area contributed by atoms with Gasteiger partial charge >= 0.3 is 0 Å². The van der Waals surface area contributed by atoms with Crippen LogP contribution in [-0.4, -0.2) is 9.97 Å². The lowest BCUT2D eigenvalue weighted by atomic mass is 10.3. The molecule has 0 fully saturated rings. The SMILES string of the molecule is O=c1cc(Oc2ccc(I)cc2)nc[nH]1. The molecule has 76 valence electrons. The van der Waals surface area contributed by atoms with Gasteiger partial charge in [-0.3, -0.25) is 4.79 Å². The number of halogens is 1. The minimum absolute atomic E-state index is 0.231. The Kier molecular flexibility index (Phi) is 3.00. The highest BCUT2D eigenvalue weighted by Gasteiger charge is 1.98. The van der Waals surface area contributed by atoms with Crippen LogP contribution in [0.4, 0.5) is 0 Å². The van der Waals surface area contributed by atoms with E-state index in [1.54, 1.807) is 0 Å². The molecule has 2 aromatic rings. The summed E-state index contributed by atoms with van der Waals surface area (Å²) in [6.07, 6.45) is 1.31. The van der Waals surface area contributed by atoms with Crippen LogP contribution in [0.5, 0.6) is 11.6 Å². The number of nitrogens with one attached hydrogen (secondary N) is 1. The molecule has 0 saturated carbocycles. The summed E-state index contributed by atoms with van der Waals surface area (Å²) in [4.78, 5) is 17.3. The molecule has 0 saturated heterocycles. The number of H-pyrrole nitrogens is 1. The Balaban J connectivity index is 2.22. The molecule has 0 spiro atoms. The van der Waals surface area contributed by atoms with E-state index in [4.69, 9.17) is 4.74 Å². The quantitative estimate of drug-likeness (QED) is 0.864. The lowest BCUT2D eigenvalue weighted by molar-refractivity contribution is 0.460. The first-order chi connectivity index (χ1) is 7.24. The molecule has 0 aliphatic rings. The predicted molar refractivity (Wildman–Crippen MR) is 64.1 cm³/mol. The van der Waals surface area contributed by atoms with Gasteiger partial charge in [0.2, 0.25) is 5.88 Å². The third-order valence-electron chi connectivity index (χ3n) is 1.69. The summed E-state index contributed by atoms with van der Waals surface area (Å²) < 4.78 is 6.50. The first kappa shape index (κ1) is 10.2. The summed E-state index contributed by atoms with van der Waals surface area (Å²) in [5.74, 6) is 0.952. The molecule has 1 N–H and O–H groups in total. The van der Waals surface area contributed by atoms with Crippen LogP contribution in [0.15, 0.2) is 41.5 Å². The van der Waals surface area contributed by atoms with Gasteiger partial charge in [0.25, 0.3) is 5.56 Å². The Morgan fingerprint density at radius 3 is 2.67 bits per heavy atom. The van der Waals surface area contributed by atoms with Crippen molar-refractivity contribution in [3.63, 3.8) is 0 Å². The Bertz CT molecular complexity index is 507. The van der Waals surface area contributed by atoms with Crippen LogP contribution in [0.2, 0.25) is 0 Å². The molecule has 0 amide bonds. The second-order valence-corrected chi connectivity index (χ2v) is 4.05. The Labute approximate surface area is 99.5 Å². The molecule has 0 atom stereocenters. The van der Waals surface area contributed by atoms with Crippen molar-refractivity contribution in [1.29, 1.82) is 0 Å². The normalized spacial score (nSPS) is 9.93. The van der Waals surface area contributed by atoms with Crippen LogP contribution >= 0.6 is 22.6 Å². The van der Waals surface area contributed by atoms with Crippen molar-refractivity contribution in [2.45, 2.75) is 0 Å². The van der Waals surface area contributed by atoms with Crippen molar-refractivity contribution < 1.29 is 4.74 Å². The molecule has 1 heterocycles. The van der Waals surface area contributed by atoms with Crippen LogP contribution in [0.1, 0.15) is 0 Å². The largest absolute Gasteiger partial charge is 0.439 e. The fraction of sp³-hybridized carbons (Fsp3) is 0. The highest BCUT2D eigenvalue weighted by Crippen LogP contribution is 2.18. The average molecular weight is 314 g/mol. The summed E-state index contributed by atoms with van der Waals surface area (Å²) >= 11 is 2.21. The van der Waals surface area contributed by atoms with Crippen LogP contribution in [0.25, 0.3) is 0 Å². The van der Waals surface area contributed by atoms with Gasteiger partial charge in [0.1, 0.15) is 5.75 Å². The summed E-state index contributed by atoms with van der Waals surface area (Å²) in [5, 5.41) is 0.